The largest absolute Gasteiger partial charge is 0.494 e. The van der Waals surface area contributed by atoms with Gasteiger partial charge in [-0.2, -0.15) is 0 Å². The van der Waals surface area contributed by atoms with E-state index in [2.05, 4.69) is 64.8 Å². The summed E-state index contributed by atoms with van der Waals surface area (Å²) in [5, 5.41) is 13.5. The van der Waals surface area contributed by atoms with Gasteiger partial charge in [0.1, 0.15) is 17.6 Å². The minimum Gasteiger partial charge on any atom is -0.494 e. The van der Waals surface area contributed by atoms with E-state index in [1.807, 2.05) is 42.5 Å². The van der Waals surface area contributed by atoms with Gasteiger partial charge in [0.15, 0.2) is 0 Å². The average Bonchev–Trinajstić information content (AvgIpc) is 3.73. The quantitative estimate of drug-likeness (QED) is 0.102. The lowest BCUT2D eigenvalue weighted by atomic mass is 9.56. The van der Waals surface area contributed by atoms with E-state index in [0.29, 0.717) is 70.3 Å². The molecule has 4 aromatic carbocycles. The highest BCUT2D eigenvalue weighted by atomic mass is 35.5. The molecule has 70 heavy (non-hydrogen) atoms. The van der Waals surface area contributed by atoms with Crippen LogP contribution in [0.5, 0.6) is 5.75 Å². The second-order valence-corrected chi connectivity index (χ2v) is 23.0. The fourth-order valence-corrected chi connectivity index (χ4v) is 13.6. The van der Waals surface area contributed by atoms with Crippen LogP contribution in [0.1, 0.15) is 111 Å². The first-order chi connectivity index (χ1) is 33.5. The zero-order valence-electron chi connectivity index (χ0n) is 40.0. The van der Waals surface area contributed by atoms with Crippen LogP contribution in [0.4, 0.5) is 21.5 Å². The molecule has 3 saturated heterocycles. The summed E-state index contributed by atoms with van der Waals surface area (Å²) >= 11 is 13.0. The Morgan fingerprint density at radius 2 is 1.79 bits per heavy atom. The van der Waals surface area contributed by atoms with Gasteiger partial charge >= 0.3 is 0 Å². The summed E-state index contributed by atoms with van der Waals surface area (Å²) in [5.41, 5.74) is 5.70. The number of ether oxygens (including phenoxy) is 1. The van der Waals surface area contributed by atoms with Crippen molar-refractivity contribution in [2.75, 3.05) is 42.3 Å². The number of halogens is 3. The van der Waals surface area contributed by atoms with E-state index in [0.717, 1.165) is 66.8 Å². The van der Waals surface area contributed by atoms with Crippen LogP contribution in [0.15, 0.2) is 72.8 Å². The van der Waals surface area contributed by atoms with Crippen molar-refractivity contribution in [3.05, 3.63) is 116 Å². The third-order valence-corrected chi connectivity index (χ3v) is 17.3. The number of hydrogen-bond donors (Lipinski definition) is 4. The van der Waals surface area contributed by atoms with Crippen LogP contribution in [0, 0.1) is 46.2 Å². The van der Waals surface area contributed by atoms with Gasteiger partial charge in [-0.1, -0.05) is 80.1 Å². The lowest BCUT2D eigenvalue weighted by molar-refractivity contribution is -0.137. The fraction of sp³-hybridized carbons (Fsp3) is 0.464. The second kappa shape index (κ2) is 17.6. The van der Waals surface area contributed by atoms with E-state index in [9.17, 15) is 19.2 Å². The van der Waals surface area contributed by atoms with Crippen LogP contribution in [0.2, 0.25) is 10.0 Å². The second-order valence-electron chi connectivity index (χ2n) is 22.2. The van der Waals surface area contributed by atoms with Gasteiger partial charge in [-0.05, 0) is 127 Å². The van der Waals surface area contributed by atoms with E-state index < -0.39 is 35.1 Å². The molecule has 7 atom stereocenters. The molecule has 5 aliphatic heterocycles. The first-order valence-corrected chi connectivity index (χ1v) is 25.6. The molecule has 2 aliphatic carbocycles. The van der Waals surface area contributed by atoms with Gasteiger partial charge in [0.2, 0.25) is 17.7 Å². The summed E-state index contributed by atoms with van der Waals surface area (Å²) < 4.78 is 22.3. The van der Waals surface area contributed by atoms with E-state index in [4.69, 9.17) is 27.9 Å². The van der Waals surface area contributed by atoms with Crippen molar-refractivity contribution in [2.45, 2.75) is 108 Å². The van der Waals surface area contributed by atoms with Crippen molar-refractivity contribution in [1.29, 1.82) is 0 Å². The number of benzene rings is 4. The van der Waals surface area contributed by atoms with Crippen LogP contribution in [-0.4, -0.2) is 73.4 Å². The molecule has 5 heterocycles. The topological polar surface area (TPSA) is 132 Å². The molecule has 0 aromatic heterocycles. The Labute approximate surface area is 418 Å². The Kier molecular flexibility index (Phi) is 11.8. The molecule has 14 heteroatoms. The third-order valence-electron chi connectivity index (χ3n) is 16.8. The Morgan fingerprint density at radius 3 is 2.54 bits per heavy atom. The Balaban J connectivity index is 0.739. The number of nitrogens with one attached hydrogen (secondary N) is 4. The summed E-state index contributed by atoms with van der Waals surface area (Å²) in [6.45, 7) is 9.22. The van der Waals surface area contributed by atoms with Gasteiger partial charge in [-0.15, -0.1) is 0 Å². The van der Waals surface area contributed by atoms with Crippen LogP contribution in [0.3, 0.4) is 0 Å². The molecule has 4 N–H and O–H groups in total. The predicted molar refractivity (Wildman–Crippen MR) is 270 cm³/mol. The van der Waals surface area contributed by atoms with E-state index in [-0.39, 0.29) is 40.6 Å². The van der Waals surface area contributed by atoms with Gasteiger partial charge in [-0.3, -0.25) is 24.5 Å². The molecule has 2 spiro atoms. The van der Waals surface area contributed by atoms with Crippen molar-refractivity contribution in [3.8, 4) is 17.6 Å². The number of amides is 4. The first kappa shape index (κ1) is 46.8. The number of nitrogens with zero attached hydrogens (tertiary/aromatic N) is 2. The number of anilines is 3. The number of piperidine rings is 2. The fourth-order valence-electron chi connectivity index (χ4n) is 13.2. The van der Waals surface area contributed by atoms with Crippen molar-refractivity contribution >= 4 is 63.9 Å². The summed E-state index contributed by atoms with van der Waals surface area (Å²) in [5.74, 6) is 6.84. The van der Waals surface area contributed by atoms with E-state index >= 15 is 4.39 Å². The number of methoxy groups -OCH3 is 1. The highest BCUT2D eigenvalue weighted by Crippen LogP contribution is 2.62. The van der Waals surface area contributed by atoms with E-state index in [1.165, 1.54) is 12.8 Å². The van der Waals surface area contributed by atoms with Crippen LogP contribution in [-0.2, 0) is 26.3 Å². The average molecular weight is 986 g/mol. The molecule has 2 saturated carbocycles. The standard InChI is InChI=1S/C56H59Cl2FN6O5/c1-54(2,3)28-46-56(30-60-43-24-34(57)13-15-40(43)56)48(37-9-6-10-41(58)49(37)59)50(62-46)52(68)61-42-16-14-35(25-45(42)70-4)64-21-19-55(20-22-64)26-33(27-55)38-23-32(38)12-11-31-7-5-8-36-39(31)29-65(53(36)69)44-17-18-47(66)63-51(44)67/h5-10,13-16,24-25,32-33,38,44,46,48,50,60,62H,17-23,26-30H2,1-4H3,(H,61,68)(H,63,66,67)/t32-,38-,44?,46+,48+,50-,56+/m1/s1. The number of carbonyl (C=O) groups excluding carboxylic acids is 4. The number of rotatable bonds is 8. The molecule has 1 unspecified atom stereocenters. The highest BCUT2D eigenvalue weighted by Gasteiger charge is 2.62. The SMILES string of the molecule is COc1cc(N2CCC3(CC2)CC([C@@H]2C[C@H]2C#Cc2cccc4c2CN(C2CCC(=O)NC2=O)C4=O)C3)ccc1NC(=O)[C@@H]1N[C@@H](CC(C)(C)C)[C@@]2(CNc3cc(Cl)ccc32)[C@H]1c1cccc(Cl)c1F. The van der Waals surface area contributed by atoms with Gasteiger partial charge in [-0.25, -0.2) is 4.39 Å². The molecule has 4 amide bonds. The zero-order chi connectivity index (χ0) is 48.9. The van der Waals surface area contributed by atoms with Gasteiger partial charge in [0, 0.05) is 89.5 Å². The molecule has 0 radical (unpaired) electrons. The molecule has 7 aliphatic rings. The molecular formula is C56H59Cl2FN6O5. The first-order valence-electron chi connectivity index (χ1n) is 24.8. The highest BCUT2D eigenvalue weighted by molar-refractivity contribution is 6.31. The maximum Gasteiger partial charge on any atom is 0.255 e. The number of carbonyl (C=O) groups is 4. The molecule has 0 bridgehead atoms. The van der Waals surface area contributed by atoms with Crippen molar-refractivity contribution in [1.82, 2.24) is 15.5 Å². The maximum atomic E-state index is 16.4. The molecule has 11 nitrogen and oxygen atoms in total. The predicted octanol–water partition coefficient (Wildman–Crippen LogP) is 9.45. The minimum absolute atomic E-state index is 0.0148. The summed E-state index contributed by atoms with van der Waals surface area (Å²) in [7, 11) is 1.62. The Morgan fingerprint density at radius 1 is 1.00 bits per heavy atom. The zero-order valence-corrected chi connectivity index (χ0v) is 41.5. The van der Waals surface area contributed by atoms with Gasteiger partial charge in [0.05, 0.1) is 23.9 Å². The Bertz CT molecular complexity index is 2890. The summed E-state index contributed by atoms with van der Waals surface area (Å²) in [6.07, 6.45) is 7.05. The van der Waals surface area contributed by atoms with E-state index in [1.54, 1.807) is 36.3 Å². The minimum atomic E-state index is -0.813. The number of imide groups is 1. The lowest BCUT2D eigenvalue weighted by Gasteiger charge is -2.53. The number of fused-ring (bicyclic) bond motifs is 3. The van der Waals surface area contributed by atoms with Gasteiger partial charge < -0.3 is 30.5 Å². The normalized spacial score (nSPS) is 27.6. The van der Waals surface area contributed by atoms with Crippen molar-refractivity contribution < 1.29 is 28.3 Å². The van der Waals surface area contributed by atoms with Crippen molar-refractivity contribution in [2.24, 2.45) is 28.6 Å². The summed E-state index contributed by atoms with van der Waals surface area (Å²) in [4.78, 5) is 56.5. The number of hydrogen-bond acceptors (Lipinski definition) is 8. The molecule has 11 rings (SSSR count). The van der Waals surface area contributed by atoms with Crippen LogP contribution < -0.4 is 30.9 Å². The third kappa shape index (κ3) is 8.19. The van der Waals surface area contributed by atoms with Crippen LogP contribution >= 0.6 is 23.2 Å². The lowest BCUT2D eigenvalue weighted by Crippen LogP contribution is -2.52. The van der Waals surface area contributed by atoms with Gasteiger partial charge in [0.25, 0.3) is 5.91 Å². The molecular weight excluding hydrogens is 927 g/mol. The van der Waals surface area contributed by atoms with Crippen molar-refractivity contribution in [3.63, 3.8) is 0 Å². The molecule has 5 fully saturated rings. The Hall–Kier alpha value is -5.61. The smallest absolute Gasteiger partial charge is 0.255 e. The molecule has 4 aromatic rings. The summed E-state index contributed by atoms with van der Waals surface area (Å²) in [6, 6.07) is 20.8. The van der Waals surface area contributed by atoms with Crippen LogP contribution in [0.25, 0.3) is 0 Å². The molecule has 364 valence electrons. The maximum absolute atomic E-state index is 16.4. The monoisotopic (exact) mass is 984 g/mol.